The van der Waals surface area contributed by atoms with Crippen molar-refractivity contribution in [2.24, 2.45) is 0 Å². The van der Waals surface area contributed by atoms with Crippen molar-refractivity contribution in [2.75, 3.05) is 0 Å². The predicted octanol–water partition coefficient (Wildman–Crippen LogP) is 2.93. The lowest BCUT2D eigenvalue weighted by Gasteiger charge is -2.10. The molecule has 0 atom stereocenters. The maximum Gasteiger partial charge on any atom is 0.300 e. The van der Waals surface area contributed by atoms with Crippen LogP contribution in [0.3, 0.4) is 0 Å². The summed E-state index contributed by atoms with van der Waals surface area (Å²) in [5.74, 6) is -1.39. The molecule has 124 valence electrons. The van der Waals surface area contributed by atoms with Gasteiger partial charge in [-0.2, -0.15) is 0 Å². The molecule has 1 aromatic carbocycles. The first-order valence-electron chi connectivity index (χ1n) is 6.71. The lowest BCUT2D eigenvalue weighted by molar-refractivity contribution is 0.0942. The standard InChI is InChI=1S/C16H13Cl2N3O3/c1-3-12-20-13(14(22)16(24)21(12)4-2)15(23)19-8-9-5-6-10(17)11(18)7-9/h3-7,22H,1-2,8H2,(H,19,23). The van der Waals surface area contributed by atoms with Crippen molar-refractivity contribution in [2.45, 2.75) is 6.54 Å². The van der Waals surface area contributed by atoms with Gasteiger partial charge in [-0.05, 0) is 23.8 Å². The predicted molar refractivity (Wildman–Crippen MR) is 94.3 cm³/mol. The first-order chi connectivity index (χ1) is 11.4. The third-order valence-electron chi connectivity index (χ3n) is 3.14. The summed E-state index contributed by atoms with van der Waals surface area (Å²) in [6, 6.07) is 4.89. The summed E-state index contributed by atoms with van der Waals surface area (Å²) >= 11 is 11.7. The minimum Gasteiger partial charge on any atom is -0.501 e. The maximum absolute atomic E-state index is 12.2. The van der Waals surface area contributed by atoms with Gasteiger partial charge in [0, 0.05) is 12.7 Å². The second kappa shape index (κ2) is 7.33. The van der Waals surface area contributed by atoms with Crippen LogP contribution in [0.1, 0.15) is 21.9 Å². The minimum atomic E-state index is -0.811. The second-order valence-electron chi connectivity index (χ2n) is 4.66. The largest absolute Gasteiger partial charge is 0.501 e. The highest BCUT2D eigenvalue weighted by molar-refractivity contribution is 6.42. The van der Waals surface area contributed by atoms with Gasteiger partial charge in [-0.25, -0.2) is 4.98 Å². The van der Waals surface area contributed by atoms with Crippen LogP contribution in [0.5, 0.6) is 5.75 Å². The van der Waals surface area contributed by atoms with Crippen LogP contribution in [0.25, 0.3) is 12.3 Å². The third-order valence-corrected chi connectivity index (χ3v) is 3.88. The van der Waals surface area contributed by atoms with Crippen molar-refractivity contribution in [3.05, 3.63) is 68.8 Å². The van der Waals surface area contributed by atoms with Gasteiger partial charge in [0.25, 0.3) is 5.91 Å². The molecule has 2 N–H and O–H groups in total. The van der Waals surface area contributed by atoms with Crippen LogP contribution >= 0.6 is 23.2 Å². The van der Waals surface area contributed by atoms with Gasteiger partial charge in [0.1, 0.15) is 5.82 Å². The summed E-state index contributed by atoms with van der Waals surface area (Å²) in [4.78, 5) is 28.1. The monoisotopic (exact) mass is 365 g/mol. The molecule has 0 saturated carbocycles. The van der Waals surface area contributed by atoms with Crippen molar-refractivity contribution >= 4 is 41.4 Å². The van der Waals surface area contributed by atoms with E-state index in [0.29, 0.717) is 15.6 Å². The molecule has 24 heavy (non-hydrogen) atoms. The Morgan fingerprint density at radius 2 is 2.04 bits per heavy atom. The molecular weight excluding hydrogens is 353 g/mol. The fourth-order valence-electron chi connectivity index (χ4n) is 1.94. The summed E-state index contributed by atoms with van der Waals surface area (Å²) in [6.45, 7) is 7.08. The van der Waals surface area contributed by atoms with Gasteiger partial charge in [0.05, 0.1) is 10.0 Å². The van der Waals surface area contributed by atoms with Crippen LogP contribution in [0.4, 0.5) is 0 Å². The lowest BCUT2D eigenvalue weighted by Crippen LogP contribution is -2.29. The molecule has 0 spiro atoms. The average molecular weight is 366 g/mol. The molecule has 0 bridgehead atoms. The Bertz CT molecular complexity index is 891. The first-order valence-corrected chi connectivity index (χ1v) is 7.47. The van der Waals surface area contributed by atoms with Gasteiger partial charge in [0.15, 0.2) is 5.69 Å². The van der Waals surface area contributed by atoms with E-state index in [9.17, 15) is 14.7 Å². The fourth-order valence-corrected chi connectivity index (χ4v) is 2.26. The van der Waals surface area contributed by atoms with Gasteiger partial charge in [-0.15, -0.1) is 0 Å². The Morgan fingerprint density at radius 3 is 2.62 bits per heavy atom. The molecule has 0 aliphatic carbocycles. The van der Waals surface area contributed by atoms with Gasteiger partial charge >= 0.3 is 5.56 Å². The van der Waals surface area contributed by atoms with Gasteiger partial charge in [-0.3, -0.25) is 14.2 Å². The Hall–Kier alpha value is -2.57. The zero-order valence-corrected chi connectivity index (χ0v) is 13.9. The topological polar surface area (TPSA) is 84.2 Å². The minimum absolute atomic E-state index is 0.0903. The molecule has 2 rings (SSSR count). The van der Waals surface area contributed by atoms with Crippen LogP contribution in [-0.4, -0.2) is 20.6 Å². The van der Waals surface area contributed by atoms with E-state index in [0.717, 1.165) is 4.57 Å². The zero-order chi connectivity index (χ0) is 17.9. The van der Waals surface area contributed by atoms with E-state index < -0.39 is 22.9 Å². The van der Waals surface area contributed by atoms with Crippen LogP contribution in [0.15, 0.2) is 36.2 Å². The first kappa shape index (κ1) is 17.8. The smallest absolute Gasteiger partial charge is 0.300 e. The van der Waals surface area contributed by atoms with Crippen molar-refractivity contribution in [3.8, 4) is 5.75 Å². The number of halogens is 2. The number of carbonyl (C=O) groups is 1. The Balaban J connectivity index is 2.28. The second-order valence-corrected chi connectivity index (χ2v) is 5.47. The molecule has 0 saturated heterocycles. The van der Waals surface area contributed by atoms with Gasteiger partial charge in [0.2, 0.25) is 5.75 Å². The van der Waals surface area contributed by atoms with E-state index in [1.807, 2.05) is 0 Å². The molecule has 0 radical (unpaired) electrons. The highest BCUT2D eigenvalue weighted by Gasteiger charge is 2.19. The van der Waals surface area contributed by atoms with Crippen molar-refractivity contribution < 1.29 is 9.90 Å². The molecule has 1 heterocycles. The molecule has 1 aromatic heterocycles. The van der Waals surface area contributed by atoms with E-state index in [-0.39, 0.29) is 12.4 Å². The number of benzene rings is 1. The summed E-state index contributed by atoms with van der Waals surface area (Å²) in [7, 11) is 0. The number of nitrogens with zero attached hydrogens (tertiary/aromatic N) is 2. The molecule has 0 fully saturated rings. The molecule has 0 unspecified atom stereocenters. The molecule has 1 amide bonds. The van der Waals surface area contributed by atoms with E-state index in [1.54, 1.807) is 18.2 Å². The number of amides is 1. The number of carbonyl (C=O) groups excluding carboxylic acids is 1. The summed E-state index contributed by atoms with van der Waals surface area (Å²) in [5, 5.41) is 13.2. The van der Waals surface area contributed by atoms with E-state index in [2.05, 4.69) is 23.5 Å². The number of hydrogen-bond donors (Lipinski definition) is 2. The van der Waals surface area contributed by atoms with Gasteiger partial charge < -0.3 is 10.4 Å². The Labute approximate surface area is 147 Å². The molecule has 8 heteroatoms. The fraction of sp³-hybridized carbons (Fsp3) is 0.0625. The third kappa shape index (κ3) is 3.50. The van der Waals surface area contributed by atoms with Crippen molar-refractivity contribution in [1.29, 1.82) is 0 Å². The highest BCUT2D eigenvalue weighted by atomic mass is 35.5. The van der Waals surface area contributed by atoms with Crippen LogP contribution in [-0.2, 0) is 6.54 Å². The van der Waals surface area contributed by atoms with Crippen molar-refractivity contribution in [3.63, 3.8) is 0 Å². The van der Waals surface area contributed by atoms with Crippen LogP contribution in [0, 0.1) is 0 Å². The highest BCUT2D eigenvalue weighted by Crippen LogP contribution is 2.22. The quantitative estimate of drug-likeness (QED) is 0.852. The lowest BCUT2D eigenvalue weighted by atomic mass is 10.2. The molecule has 2 aromatic rings. The van der Waals surface area contributed by atoms with Crippen LogP contribution < -0.4 is 10.9 Å². The summed E-state index contributed by atoms with van der Waals surface area (Å²) < 4.78 is 0.984. The Kier molecular flexibility index (Phi) is 5.43. The van der Waals surface area contributed by atoms with Gasteiger partial charge in [-0.1, -0.05) is 42.4 Å². The number of aromatic hydroxyl groups is 1. The summed E-state index contributed by atoms with van der Waals surface area (Å²) in [6.07, 6.45) is 2.45. The zero-order valence-electron chi connectivity index (χ0n) is 12.4. The van der Waals surface area contributed by atoms with E-state index in [1.165, 1.54) is 12.3 Å². The average Bonchev–Trinajstić information content (AvgIpc) is 2.57. The number of hydrogen-bond acceptors (Lipinski definition) is 4. The number of nitrogens with one attached hydrogen (secondary N) is 1. The van der Waals surface area contributed by atoms with Crippen LogP contribution in [0.2, 0.25) is 10.0 Å². The molecule has 0 aliphatic rings. The molecule has 0 aliphatic heterocycles. The normalized spacial score (nSPS) is 10.2. The number of rotatable bonds is 5. The molecular formula is C16H13Cl2N3O3. The van der Waals surface area contributed by atoms with E-state index >= 15 is 0 Å². The number of aromatic nitrogens is 2. The Morgan fingerprint density at radius 1 is 1.33 bits per heavy atom. The summed E-state index contributed by atoms with van der Waals surface area (Å²) in [5.41, 5.74) is -0.511. The maximum atomic E-state index is 12.2. The van der Waals surface area contributed by atoms with Crippen molar-refractivity contribution in [1.82, 2.24) is 14.9 Å². The molecule has 6 nitrogen and oxygen atoms in total. The van der Waals surface area contributed by atoms with E-state index in [4.69, 9.17) is 23.2 Å². The SMILES string of the molecule is C=Cc1nc(C(=O)NCc2ccc(Cl)c(Cl)c2)c(O)c(=O)n1C=C.